The van der Waals surface area contributed by atoms with Gasteiger partial charge in [0.05, 0.1) is 5.69 Å². The van der Waals surface area contributed by atoms with Crippen molar-refractivity contribution < 1.29 is 5.11 Å². The van der Waals surface area contributed by atoms with E-state index < -0.39 is 5.60 Å². The molecular formula is C10H11NO. The number of para-hydroxylation sites is 1. The van der Waals surface area contributed by atoms with Gasteiger partial charge in [-0.05, 0) is 12.5 Å². The van der Waals surface area contributed by atoms with Gasteiger partial charge in [-0.15, -0.1) is 0 Å². The van der Waals surface area contributed by atoms with Gasteiger partial charge in [0, 0.05) is 11.8 Å². The molecule has 2 heteroatoms. The second kappa shape index (κ2) is 2.42. The smallest absolute Gasteiger partial charge is 0.126 e. The Morgan fingerprint density at radius 1 is 1.42 bits per heavy atom. The molecule has 1 unspecified atom stereocenters. The van der Waals surface area contributed by atoms with Crippen molar-refractivity contribution in [2.45, 2.75) is 18.9 Å². The Morgan fingerprint density at radius 2 is 2.17 bits per heavy atom. The first-order chi connectivity index (χ1) is 5.76. The molecule has 0 aliphatic carbocycles. The van der Waals surface area contributed by atoms with E-state index in [1.54, 1.807) is 6.21 Å². The van der Waals surface area contributed by atoms with E-state index in [1.807, 2.05) is 31.2 Å². The summed E-state index contributed by atoms with van der Waals surface area (Å²) in [6.45, 7) is 1.95. The van der Waals surface area contributed by atoms with Crippen molar-refractivity contribution in [1.29, 1.82) is 0 Å². The standard InChI is InChI=1S/C10H11NO/c1-2-10(12)7-11-9-6-4-3-5-8(9)10/h3-7,12H,2H2,1H3. The fourth-order valence-corrected chi connectivity index (χ4v) is 1.48. The van der Waals surface area contributed by atoms with Gasteiger partial charge in [-0.2, -0.15) is 0 Å². The van der Waals surface area contributed by atoms with E-state index in [1.165, 1.54) is 0 Å². The third-order valence-electron chi connectivity index (χ3n) is 2.33. The summed E-state index contributed by atoms with van der Waals surface area (Å²) in [5, 5.41) is 10.0. The van der Waals surface area contributed by atoms with Crippen LogP contribution in [0.1, 0.15) is 18.9 Å². The third-order valence-corrected chi connectivity index (χ3v) is 2.33. The van der Waals surface area contributed by atoms with E-state index in [0.29, 0.717) is 6.42 Å². The van der Waals surface area contributed by atoms with Crippen LogP contribution in [0.4, 0.5) is 5.69 Å². The molecule has 1 aromatic carbocycles. The molecule has 0 amide bonds. The van der Waals surface area contributed by atoms with E-state index in [0.717, 1.165) is 11.3 Å². The maximum Gasteiger partial charge on any atom is 0.126 e. The molecule has 2 nitrogen and oxygen atoms in total. The molecule has 1 aromatic rings. The fourth-order valence-electron chi connectivity index (χ4n) is 1.48. The van der Waals surface area contributed by atoms with Gasteiger partial charge < -0.3 is 5.11 Å². The van der Waals surface area contributed by atoms with E-state index in [9.17, 15) is 5.11 Å². The Hall–Kier alpha value is -1.15. The Balaban J connectivity index is 2.56. The molecule has 0 bridgehead atoms. The lowest BCUT2D eigenvalue weighted by molar-refractivity contribution is 0.116. The summed E-state index contributed by atoms with van der Waals surface area (Å²) < 4.78 is 0. The summed E-state index contributed by atoms with van der Waals surface area (Å²) in [7, 11) is 0. The number of nitrogens with zero attached hydrogens (tertiary/aromatic N) is 1. The molecule has 2 rings (SSSR count). The Morgan fingerprint density at radius 3 is 2.92 bits per heavy atom. The highest BCUT2D eigenvalue weighted by atomic mass is 16.3. The third kappa shape index (κ3) is 0.883. The SMILES string of the molecule is CCC1(O)C=Nc2ccccc21. The predicted molar refractivity (Wildman–Crippen MR) is 48.8 cm³/mol. The maximum atomic E-state index is 10.0. The van der Waals surface area contributed by atoms with Gasteiger partial charge in [-0.3, -0.25) is 4.99 Å². The Bertz CT molecular complexity index is 332. The van der Waals surface area contributed by atoms with Crippen LogP contribution < -0.4 is 0 Å². The van der Waals surface area contributed by atoms with Crippen molar-refractivity contribution in [2.75, 3.05) is 0 Å². The number of aliphatic imine (C=N–C) groups is 1. The van der Waals surface area contributed by atoms with Gasteiger partial charge in [0.1, 0.15) is 5.60 Å². The minimum absolute atomic E-state index is 0.674. The quantitative estimate of drug-likeness (QED) is 0.671. The Labute approximate surface area is 71.6 Å². The predicted octanol–water partition coefficient (Wildman–Crippen LogP) is 2.00. The topological polar surface area (TPSA) is 32.6 Å². The molecule has 1 atom stereocenters. The largest absolute Gasteiger partial charge is 0.379 e. The zero-order valence-corrected chi connectivity index (χ0v) is 6.99. The van der Waals surface area contributed by atoms with E-state index in [-0.39, 0.29) is 0 Å². The fraction of sp³-hybridized carbons (Fsp3) is 0.300. The van der Waals surface area contributed by atoms with Crippen molar-refractivity contribution in [3.63, 3.8) is 0 Å². The van der Waals surface area contributed by atoms with E-state index in [4.69, 9.17) is 0 Å². The lowest BCUT2D eigenvalue weighted by Gasteiger charge is -2.18. The van der Waals surface area contributed by atoms with Gasteiger partial charge in [-0.25, -0.2) is 0 Å². The minimum atomic E-state index is -0.823. The maximum absolute atomic E-state index is 10.0. The normalized spacial score (nSPS) is 25.8. The number of benzene rings is 1. The molecule has 1 aliphatic heterocycles. The summed E-state index contributed by atoms with van der Waals surface area (Å²) in [6.07, 6.45) is 2.30. The second-order valence-corrected chi connectivity index (χ2v) is 3.05. The molecule has 0 spiro atoms. The van der Waals surface area contributed by atoms with Crippen LogP contribution in [-0.2, 0) is 5.60 Å². The summed E-state index contributed by atoms with van der Waals surface area (Å²) in [5.74, 6) is 0. The lowest BCUT2D eigenvalue weighted by atomic mass is 9.94. The molecular weight excluding hydrogens is 150 g/mol. The van der Waals surface area contributed by atoms with Gasteiger partial charge in [-0.1, -0.05) is 25.1 Å². The number of hydrogen-bond donors (Lipinski definition) is 1. The van der Waals surface area contributed by atoms with Crippen LogP contribution in [0.25, 0.3) is 0 Å². The highest BCUT2D eigenvalue weighted by molar-refractivity contribution is 5.83. The summed E-state index contributed by atoms with van der Waals surface area (Å²) in [6, 6.07) is 7.69. The zero-order chi connectivity index (χ0) is 8.60. The highest BCUT2D eigenvalue weighted by Gasteiger charge is 2.31. The number of rotatable bonds is 1. The first kappa shape index (κ1) is 7.50. The van der Waals surface area contributed by atoms with Crippen LogP contribution >= 0.6 is 0 Å². The molecule has 12 heavy (non-hydrogen) atoms. The molecule has 1 heterocycles. The number of hydrogen-bond acceptors (Lipinski definition) is 2. The highest BCUT2D eigenvalue weighted by Crippen LogP contribution is 2.36. The van der Waals surface area contributed by atoms with Gasteiger partial charge >= 0.3 is 0 Å². The van der Waals surface area contributed by atoms with Crippen molar-refractivity contribution in [3.8, 4) is 0 Å². The molecule has 0 saturated carbocycles. The van der Waals surface area contributed by atoms with Crippen molar-refractivity contribution in [2.24, 2.45) is 4.99 Å². The monoisotopic (exact) mass is 161 g/mol. The van der Waals surface area contributed by atoms with E-state index >= 15 is 0 Å². The number of fused-ring (bicyclic) bond motifs is 1. The Kier molecular flexibility index (Phi) is 1.51. The first-order valence-electron chi connectivity index (χ1n) is 4.13. The van der Waals surface area contributed by atoms with Gasteiger partial charge in [0.2, 0.25) is 0 Å². The van der Waals surface area contributed by atoms with Crippen molar-refractivity contribution in [3.05, 3.63) is 29.8 Å². The van der Waals surface area contributed by atoms with Crippen LogP contribution in [0.5, 0.6) is 0 Å². The summed E-state index contributed by atoms with van der Waals surface area (Å²) >= 11 is 0. The summed E-state index contributed by atoms with van der Waals surface area (Å²) in [5.41, 5.74) is 0.991. The molecule has 1 aliphatic rings. The van der Waals surface area contributed by atoms with Gasteiger partial charge in [0.25, 0.3) is 0 Å². The van der Waals surface area contributed by atoms with Crippen LogP contribution in [0.15, 0.2) is 29.3 Å². The number of aliphatic hydroxyl groups is 1. The average molecular weight is 161 g/mol. The van der Waals surface area contributed by atoms with Crippen LogP contribution in [0.2, 0.25) is 0 Å². The minimum Gasteiger partial charge on any atom is -0.379 e. The zero-order valence-electron chi connectivity index (χ0n) is 6.99. The summed E-state index contributed by atoms with van der Waals surface area (Å²) in [4.78, 5) is 4.15. The molecule has 0 aromatic heterocycles. The van der Waals surface area contributed by atoms with Gasteiger partial charge in [0.15, 0.2) is 0 Å². The van der Waals surface area contributed by atoms with Crippen LogP contribution in [-0.4, -0.2) is 11.3 Å². The van der Waals surface area contributed by atoms with Crippen LogP contribution in [0, 0.1) is 0 Å². The van der Waals surface area contributed by atoms with E-state index in [2.05, 4.69) is 4.99 Å². The van der Waals surface area contributed by atoms with Crippen LogP contribution in [0.3, 0.4) is 0 Å². The molecule has 0 radical (unpaired) electrons. The molecule has 0 fully saturated rings. The molecule has 1 N–H and O–H groups in total. The van der Waals surface area contributed by atoms with Crippen molar-refractivity contribution >= 4 is 11.9 Å². The average Bonchev–Trinajstić information content (AvgIpc) is 2.46. The lowest BCUT2D eigenvalue weighted by Crippen LogP contribution is -2.23. The molecule has 0 saturated heterocycles. The molecule has 62 valence electrons. The first-order valence-corrected chi connectivity index (χ1v) is 4.13. The van der Waals surface area contributed by atoms with Crippen molar-refractivity contribution in [1.82, 2.24) is 0 Å². The second-order valence-electron chi connectivity index (χ2n) is 3.05.